The molecule has 2 fully saturated rings. The van der Waals surface area contributed by atoms with E-state index in [0.29, 0.717) is 29.3 Å². The van der Waals surface area contributed by atoms with E-state index in [2.05, 4.69) is 43.8 Å². The SMILES string of the molecule is Cc1cc(C(=O)N(C)C)cnc1NC(=O)c1ncc(NC(CN2CCN[C-](C)C2)c2ccc(C3CC3)cn2)cc1F.[Lr]. The summed E-state index contributed by atoms with van der Waals surface area (Å²) >= 11 is 0. The zero-order valence-electron chi connectivity index (χ0n) is 24.1. The molecule has 1 aliphatic carbocycles. The van der Waals surface area contributed by atoms with Gasteiger partial charge in [0.15, 0.2) is 11.5 Å². The van der Waals surface area contributed by atoms with Crippen LogP contribution in [0.5, 0.6) is 0 Å². The maximum absolute atomic E-state index is 15.2. The number of carbonyl (C=O) groups is 2. The Bertz CT molecular complexity index is 1420. The molecule has 0 aromatic carbocycles. The monoisotopic (exact) mass is 821 g/mol. The molecule has 5 rings (SSSR count). The van der Waals surface area contributed by atoms with E-state index in [1.54, 1.807) is 27.1 Å². The largest absolute Gasteiger partial charge is 0.465 e. The molecule has 4 heterocycles. The first-order chi connectivity index (χ1) is 19.7. The zero-order chi connectivity index (χ0) is 29.1. The van der Waals surface area contributed by atoms with Crippen LogP contribution >= 0.6 is 0 Å². The maximum atomic E-state index is 15.2. The van der Waals surface area contributed by atoms with Crippen LogP contribution in [0.15, 0.2) is 42.9 Å². The number of hydrogen-bond acceptors (Lipinski definition) is 8. The standard InChI is InChI=1S/C30H36FN8O2.Lr/c1-18-11-22(30(41)38(3)4)14-35-28(18)37-29(40)27-24(31)12-23(15-34-27)36-26(17-39-10-9-32-19(2)16-39)25-8-7-21(13-33-25)20-5-6-20;/h7-8,11-15,20,26,32,36H,5-6,9-10,16-17H2,1-4H3,(H,35,37,40);/q-1;. The molecule has 1 unspecified atom stereocenters. The van der Waals surface area contributed by atoms with Crippen molar-refractivity contribution in [3.8, 4) is 0 Å². The Morgan fingerprint density at radius 3 is 2.57 bits per heavy atom. The van der Waals surface area contributed by atoms with E-state index in [0.717, 1.165) is 25.3 Å². The molecule has 1 radical (unpaired) electrons. The molecule has 12 heteroatoms. The Morgan fingerprint density at radius 1 is 1.17 bits per heavy atom. The van der Waals surface area contributed by atoms with Gasteiger partial charge in [0, 0.05) is 45.6 Å². The first kappa shape index (κ1) is 30.0. The molecule has 1 saturated heterocycles. The number of aromatic nitrogens is 3. The van der Waals surface area contributed by atoms with Crippen molar-refractivity contribution in [1.82, 2.24) is 30.1 Å². The summed E-state index contributed by atoms with van der Waals surface area (Å²) in [5.41, 5.74) is 3.20. The molecule has 2 aliphatic rings. The normalized spacial score (nSPS) is 16.3. The molecule has 2 amide bonds. The van der Waals surface area contributed by atoms with E-state index in [9.17, 15) is 9.59 Å². The van der Waals surface area contributed by atoms with E-state index in [1.807, 2.05) is 12.3 Å². The molecule has 0 bridgehead atoms. The summed E-state index contributed by atoms with van der Waals surface area (Å²) in [5, 5.41) is 9.38. The van der Waals surface area contributed by atoms with Gasteiger partial charge in [0.25, 0.3) is 11.8 Å². The third kappa shape index (κ3) is 7.02. The quantitative estimate of drug-likeness (QED) is 0.280. The van der Waals surface area contributed by atoms with Gasteiger partial charge in [0.05, 0.1) is 29.2 Å². The Balaban J connectivity index is 0.00000405. The number of rotatable bonds is 9. The summed E-state index contributed by atoms with van der Waals surface area (Å²) in [6, 6.07) is 8.09. The Kier molecular flexibility index (Phi) is 9.07. The molecule has 231 valence electrons. The predicted molar refractivity (Wildman–Crippen MR) is 155 cm³/mol. The van der Waals surface area contributed by atoms with E-state index < -0.39 is 11.7 Å². The summed E-state index contributed by atoms with van der Waals surface area (Å²) < 4.78 is 15.2. The molecule has 3 aromatic rings. The van der Waals surface area contributed by atoms with E-state index in [-0.39, 0.29) is 23.5 Å². The van der Waals surface area contributed by atoms with Crippen molar-refractivity contribution in [2.45, 2.75) is 38.6 Å². The van der Waals surface area contributed by atoms with Gasteiger partial charge < -0.3 is 25.8 Å². The number of pyridine rings is 3. The first-order valence-corrected chi connectivity index (χ1v) is 13.8. The molecule has 3 N–H and O–H groups in total. The van der Waals surface area contributed by atoms with Crippen molar-refractivity contribution in [3.63, 3.8) is 0 Å². The van der Waals surface area contributed by atoms with Crippen molar-refractivity contribution >= 4 is 23.3 Å². The van der Waals surface area contributed by atoms with Crippen LogP contribution in [-0.4, -0.2) is 76.8 Å². The second-order valence-electron chi connectivity index (χ2n) is 11.0. The van der Waals surface area contributed by atoms with Crippen molar-refractivity contribution in [2.75, 3.05) is 50.9 Å². The van der Waals surface area contributed by atoms with Gasteiger partial charge in [-0.05, 0) is 55.5 Å². The van der Waals surface area contributed by atoms with Crippen LogP contribution in [0.4, 0.5) is 15.9 Å². The van der Waals surface area contributed by atoms with Crippen molar-refractivity contribution in [3.05, 3.63) is 82.8 Å². The molecule has 1 saturated carbocycles. The van der Waals surface area contributed by atoms with Crippen LogP contribution < -0.4 is 16.0 Å². The number of nitrogens with zero attached hydrogens (tertiary/aromatic N) is 5. The topological polar surface area (TPSA) is 115 Å². The molecule has 1 aliphatic heterocycles. The van der Waals surface area contributed by atoms with E-state index in [4.69, 9.17) is 4.98 Å². The van der Waals surface area contributed by atoms with Crippen LogP contribution in [0.3, 0.4) is 0 Å². The summed E-state index contributed by atoms with van der Waals surface area (Å²) in [4.78, 5) is 41.9. The minimum absolute atomic E-state index is 0. The first-order valence-electron chi connectivity index (χ1n) is 13.8. The average molecular weight is 822 g/mol. The Hall–Kier alpha value is -4.96. The van der Waals surface area contributed by atoms with E-state index >= 15 is 4.39 Å². The second-order valence-corrected chi connectivity index (χ2v) is 11.0. The van der Waals surface area contributed by atoms with Crippen LogP contribution in [0.2, 0.25) is 0 Å². The van der Waals surface area contributed by atoms with Crippen LogP contribution in [-0.2, 0) is 0 Å². The number of anilines is 2. The van der Waals surface area contributed by atoms with Crippen LogP contribution in [0.1, 0.15) is 69.4 Å². The van der Waals surface area contributed by atoms with E-state index in [1.165, 1.54) is 47.8 Å². The molecule has 3 aromatic heterocycles. The second kappa shape index (κ2) is 12.7. The number of piperazine rings is 1. The van der Waals surface area contributed by atoms with Crippen LogP contribution in [0.25, 0.3) is 0 Å². The summed E-state index contributed by atoms with van der Waals surface area (Å²) in [5.74, 6) is -0.837. The third-order valence-electron chi connectivity index (χ3n) is 7.33. The fourth-order valence-electron chi connectivity index (χ4n) is 4.94. The number of carbonyl (C=O) groups excluding carboxylic acids is 2. The van der Waals surface area contributed by atoms with Crippen LogP contribution in [0, 0.1) is 18.8 Å². The molecular formula is C30H36FLrN8O2-. The maximum Gasteiger partial charge on any atom is 0.278 e. The van der Waals surface area contributed by atoms with Gasteiger partial charge in [-0.3, -0.25) is 14.6 Å². The van der Waals surface area contributed by atoms with Gasteiger partial charge >= 0.3 is 0 Å². The number of aryl methyl sites for hydroxylation is 1. The molecule has 42 heavy (non-hydrogen) atoms. The van der Waals surface area contributed by atoms with Gasteiger partial charge in [-0.1, -0.05) is 6.07 Å². The smallest absolute Gasteiger partial charge is 0.278 e. The number of halogens is 1. The molecule has 1 atom stereocenters. The number of amides is 2. The summed E-state index contributed by atoms with van der Waals surface area (Å²) in [6.45, 7) is 7.05. The zero-order valence-corrected chi connectivity index (χ0v) is 26.3. The summed E-state index contributed by atoms with van der Waals surface area (Å²) in [6.07, 6.45) is 7.20. The van der Waals surface area contributed by atoms with Gasteiger partial charge in [0.2, 0.25) is 0 Å². The van der Waals surface area contributed by atoms with Gasteiger partial charge in [-0.25, -0.2) is 20.4 Å². The minimum atomic E-state index is -0.758. The molecule has 0 spiro atoms. The fraction of sp³-hybridized carbons (Fsp3) is 0.400. The van der Waals surface area contributed by atoms with Crippen molar-refractivity contribution in [1.29, 1.82) is 0 Å². The van der Waals surface area contributed by atoms with Crippen molar-refractivity contribution < 1.29 is 14.0 Å². The fourth-order valence-corrected chi connectivity index (χ4v) is 4.94. The van der Waals surface area contributed by atoms with Gasteiger partial charge in [-0.2, -0.15) is 6.92 Å². The van der Waals surface area contributed by atoms with Crippen molar-refractivity contribution in [2.24, 2.45) is 0 Å². The number of hydrogen-bond donors (Lipinski definition) is 3. The molecular weight excluding hydrogens is 785 g/mol. The third-order valence-corrected chi connectivity index (χ3v) is 7.33. The summed E-state index contributed by atoms with van der Waals surface area (Å²) in [7, 11) is 3.29. The average Bonchev–Trinajstić information content (AvgIpc) is 3.79. The van der Waals surface area contributed by atoms with Gasteiger partial charge in [0.1, 0.15) is 5.82 Å². The van der Waals surface area contributed by atoms with Gasteiger partial charge in [-0.15, -0.1) is 6.54 Å². The Morgan fingerprint density at radius 2 is 1.95 bits per heavy atom. The number of nitrogens with one attached hydrogen (secondary N) is 3. The predicted octanol–water partition coefficient (Wildman–Crippen LogP) is 3.76. The minimum Gasteiger partial charge on any atom is -0.465 e. The molecule has 10 nitrogen and oxygen atoms in total. The Labute approximate surface area is 239 Å².